The molecule has 172 valence electrons. The number of aryl methyl sites for hydroxylation is 1. The number of hydrogen-bond donors (Lipinski definition) is 0. The quantitative estimate of drug-likeness (QED) is 0.602. The number of carbonyl (C=O) groups is 2. The fourth-order valence-electron chi connectivity index (χ4n) is 5.08. The minimum absolute atomic E-state index is 0.0164. The van der Waals surface area contributed by atoms with Gasteiger partial charge in [0, 0.05) is 55.2 Å². The van der Waals surface area contributed by atoms with Gasteiger partial charge in [0.05, 0.1) is 17.6 Å². The predicted octanol–water partition coefficient (Wildman–Crippen LogP) is 3.79. The molecule has 1 saturated heterocycles. The molecule has 0 radical (unpaired) electrons. The van der Waals surface area contributed by atoms with Gasteiger partial charge in [0.25, 0.3) is 0 Å². The molecule has 2 aliphatic heterocycles. The molecule has 2 aliphatic rings. The fourth-order valence-corrected chi connectivity index (χ4v) is 5.08. The molecule has 3 heterocycles. The Bertz CT molecular complexity index is 1330. The average Bonchev–Trinajstić information content (AvgIpc) is 3.49. The highest BCUT2D eigenvalue weighted by atomic mass is 16.2. The Kier molecular flexibility index (Phi) is 5.24. The van der Waals surface area contributed by atoms with Crippen LogP contribution in [-0.2, 0) is 21.5 Å². The van der Waals surface area contributed by atoms with Crippen LogP contribution in [0.2, 0.25) is 0 Å². The van der Waals surface area contributed by atoms with Crippen molar-refractivity contribution in [1.82, 2.24) is 9.55 Å². The summed E-state index contributed by atoms with van der Waals surface area (Å²) in [5.41, 5.74) is 4.23. The van der Waals surface area contributed by atoms with E-state index in [9.17, 15) is 14.9 Å². The van der Waals surface area contributed by atoms with Crippen molar-refractivity contribution in [3.63, 3.8) is 0 Å². The predicted molar refractivity (Wildman–Crippen MR) is 130 cm³/mol. The van der Waals surface area contributed by atoms with E-state index in [2.05, 4.69) is 41.6 Å². The Balaban J connectivity index is 1.38. The van der Waals surface area contributed by atoms with Crippen molar-refractivity contribution in [2.75, 3.05) is 22.9 Å². The number of benzene rings is 2. The fraction of sp³-hybridized carbons (Fsp3) is 0.333. The van der Waals surface area contributed by atoms with E-state index < -0.39 is 5.92 Å². The Labute approximate surface area is 199 Å². The first-order valence-corrected chi connectivity index (χ1v) is 11.5. The third kappa shape index (κ3) is 3.75. The summed E-state index contributed by atoms with van der Waals surface area (Å²) in [5, 5.41) is 9.18. The van der Waals surface area contributed by atoms with Crippen LogP contribution in [0.4, 0.5) is 11.4 Å². The van der Waals surface area contributed by atoms with Crippen molar-refractivity contribution < 1.29 is 9.59 Å². The van der Waals surface area contributed by atoms with Gasteiger partial charge in [-0.3, -0.25) is 9.59 Å². The van der Waals surface area contributed by atoms with E-state index in [-0.39, 0.29) is 23.7 Å². The second-order valence-corrected chi connectivity index (χ2v) is 9.83. The minimum Gasteiger partial charge on any atom is -0.331 e. The van der Waals surface area contributed by atoms with Crippen LogP contribution in [0.1, 0.15) is 42.8 Å². The van der Waals surface area contributed by atoms with Crippen LogP contribution in [0, 0.1) is 24.2 Å². The summed E-state index contributed by atoms with van der Waals surface area (Å²) in [5.74, 6) is 0.455. The molecule has 34 heavy (non-hydrogen) atoms. The minimum atomic E-state index is -0.409. The lowest BCUT2D eigenvalue weighted by Crippen LogP contribution is -2.39. The van der Waals surface area contributed by atoms with Crippen molar-refractivity contribution in [3.05, 3.63) is 77.4 Å². The van der Waals surface area contributed by atoms with E-state index in [4.69, 9.17) is 0 Å². The molecule has 0 aliphatic carbocycles. The summed E-state index contributed by atoms with van der Waals surface area (Å²) >= 11 is 0. The average molecular weight is 454 g/mol. The molecule has 2 amide bonds. The van der Waals surface area contributed by atoms with E-state index in [1.54, 1.807) is 29.3 Å². The van der Waals surface area contributed by atoms with E-state index in [0.29, 0.717) is 24.3 Å². The molecule has 0 saturated carbocycles. The number of rotatable bonds is 4. The topological polar surface area (TPSA) is 82.2 Å². The molecule has 3 aromatic rings. The van der Waals surface area contributed by atoms with Gasteiger partial charge in [-0.1, -0.05) is 32.0 Å². The van der Waals surface area contributed by atoms with Crippen molar-refractivity contribution in [2.45, 2.75) is 39.2 Å². The first-order chi connectivity index (χ1) is 16.3. The lowest BCUT2D eigenvalue weighted by Gasteiger charge is -2.23. The number of anilines is 2. The van der Waals surface area contributed by atoms with Crippen LogP contribution >= 0.6 is 0 Å². The smallest absolute Gasteiger partial charge is 0.232 e. The van der Waals surface area contributed by atoms with Crippen molar-refractivity contribution in [3.8, 4) is 6.07 Å². The molecule has 0 N–H and O–H groups in total. The molecular weight excluding hydrogens is 426 g/mol. The van der Waals surface area contributed by atoms with Crippen molar-refractivity contribution in [1.29, 1.82) is 5.26 Å². The number of nitrogens with zero attached hydrogens (tertiary/aromatic N) is 5. The number of fused-ring (bicyclic) bond motifs is 1. The highest BCUT2D eigenvalue weighted by molar-refractivity contribution is 6.05. The van der Waals surface area contributed by atoms with Gasteiger partial charge in [-0.15, -0.1) is 0 Å². The second-order valence-electron chi connectivity index (χ2n) is 9.83. The summed E-state index contributed by atoms with van der Waals surface area (Å²) in [6.07, 6.45) is 3.95. The van der Waals surface area contributed by atoms with Gasteiger partial charge in [0.2, 0.25) is 11.8 Å². The van der Waals surface area contributed by atoms with Crippen LogP contribution in [0.15, 0.2) is 54.9 Å². The number of aromatic nitrogens is 2. The highest BCUT2D eigenvalue weighted by Crippen LogP contribution is 2.42. The molecule has 2 aromatic carbocycles. The molecule has 0 bridgehead atoms. The molecule has 1 aromatic heterocycles. The Morgan fingerprint density at radius 1 is 1.24 bits per heavy atom. The van der Waals surface area contributed by atoms with E-state index in [0.717, 1.165) is 23.6 Å². The zero-order valence-electron chi connectivity index (χ0n) is 19.7. The largest absolute Gasteiger partial charge is 0.331 e. The highest BCUT2D eigenvalue weighted by Gasteiger charge is 2.43. The van der Waals surface area contributed by atoms with E-state index in [1.165, 1.54) is 5.56 Å². The second kappa shape index (κ2) is 8.14. The van der Waals surface area contributed by atoms with Crippen LogP contribution in [-0.4, -0.2) is 34.5 Å². The number of carbonyl (C=O) groups excluding carboxylic acids is 2. The van der Waals surface area contributed by atoms with Crippen LogP contribution in [0.25, 0.3) is 0 Å². The summed E-state index contributed by atoms with van der Waals surface area (Å²) in [4.78, 5) is 34.2. The molecule has 5 rings (SSSR count). The maximum Gasteiger partial charge on any atom is 0.232 e. The van der Waals surface area contributed by atoms with Crippen molar-refractivity contribution in [2.24, 2.45) is 5.92 Å². The molecule has 0 unspecified atom stereocenters. The number of imidazole rings is 1. The van der Waals surface area contributed by atoms with Gasteiger partial charge in [-0.25, -0.2) is 4.98 Å². The number of hydrogen-bond acceptors (Lipinski definition) is 4. The Morgan fingerprint density at radius 2 is 2.06 bits per heavy atom. The zero-order valence-corrected chi connectivity index (χ0v) is 19.7. The maximum absolute atomic E-state index is 13.6. The zero-order chi connectivity index (χ0) is 24.0. The number of amides is 2. The third-order valence-electron chi connectivity index (χ3n) is 6.94. The SMILES string of the molecule is Cc1nccn1Cc1ccc2c(c1)C(C)(C)CN2C(=O)[C@H]1CC(=O)N(c2cccc(C#N)c2)C1. The maximum atomic E-state index is 13.6. The van der Waals surface area contributed by atoms with E-state index >= 15 is 0 Å². The first kappa shape index (κ1) is 21.9. The summed E-state index contributed by atoms with van der Waals surface area (Å²) in [6.45, 7) is 7.95. The molecule has 0 spiro atoms. The van der Waals surface area contributed by atoms with Crippen LogP contribution in [0.3, 0.4) is 0 Å². The van der Waals surface area contributed by atoms with Gasteiger partial charge in [-0.05, 0) is 42.3 Å². The van der Waals surface area contributed by atoms with Gasteiger partial charge in [0.1, 0.15) is 5.82 Å². The van der Waals surface area contributed by atoms with E-state index in [1.807, 2.05) is 30.2 Å². The third-order valence-corrected chi connectivity index (χ3v) is 6.94. The van der Waals surface area contributed by atoms with Gasteiger partial charge in [-0.2, -0.15) is 5.26 Å². The summed E-state index contributed by atoms with van der Waals surface area (Å²) < 4.78 is 2.10. The van der Waals surface area contributed by atoms with Gasteiger partial charge >= 0.3 is 0 Å². The molecular formula is C27H27N5O2. The van der Waals surface area contributed by atoms with Crippen LogP contribution < -0.4 is 9.80 Å². The molecule has 7 nitrogen and oxygen atoms in total. The normalized spacial score (nSPS) is 18.8. The first-order valence-electron chi connectivity index (χ1n) is 11.5. The van der Waals surface area contributed by atoms with Crippen LogP contribution in [0.5, 0.6) is 0 Å². The molecule has 1 fully saturated rings. The summed E-state index contributed by atoms with van der Waals surface area (Å²) in [6, 6.07) is 15.4. The lowest BCUT2D eigenvalue weighted by molar-refractivity contribution is -0.124. The standard InChI is InChI=1S/C27H27N5O2/c1-18-29-9-10-30(18)15-20-7-8-24-23(12-20)27(2,3)17-32(24)26(34)21-13-25(33)31(16-21)22-6-4-5-19(11-22)14-28/h4-12,21H,13,15-17H2,1-3H3/t21-/m0/s1. The lowest BCUT2D eigenvalue weighted by atomic mass is 9.86. The van der Waals surface area contributed by atoms with Gasteiger partial charge < -0.3 is 14.4 Å². The molecule has 7 heteroatoms. The van der Waals surface area contributed by atoms with Gasteiger partial charge in [0.15, 0.2) is 0 Å². The summed E-state index contributed by atoms with van der Waals surface area (Å²) in [7, 11) is 0. The van der Waals surface area contributed by atoms with Crippen molar-refractivity contribution >= 4 is 23.2 Å². The number of nitriles is 1. The monoisotopic (exact) mass is 453 g/mol. The Hall–Kier alpha value is -3.92. The molecule has 1 atom stereocenters. The Morgan fingerprint density at radius 3 is 2.79 bits per heavy atom.